The van der Waals surface area contributed by atoms with Gasteiger partial charge in [-0.2, -0.15) is 0 Å². The van der Waals surface area contributed by atoms with E-state index in [0.717, 1.165) is 40.5 Å². The maximum atomic E-state index is 11.9. The van der Waals surface area contributed by atoms with Crippen molar-refractivity contribution in [1.29, 1.82) is 0 Å². The first-order valence-corrected chi connectivity index (χ1v) is 7.48. The number of hydrogen-bond acceptors (Lipinski definition) is 2. The average Bonchev–Trinajstić information content (AvgIpc) is 2.73. The number of carbonyl (C=O) groups excluding carboxylic acids is 1. The number of rotatable bonds is 2. The molecule has 0 saturated carbocycles. The summed E-state index contributed by atoms with van der Waals surface area (Å²) in [5, 5.41) is 0. The minimum absolute atomic E-state index is 0.140. The summed E-state index contributed by atoms with van der Waals surface area (Å²) in [5.41, 5.74) is 0. The van der Waals surface area contributed by atoms with Crippen LogP contribution in [-0.2, 0) is 4.79 Å². The van der Waals surface area contributed by atoms with Gasteiger partial charge in [0.2, 0.25) is 5.91 Å². The molecule has 1 aromatic heterocycles. The van der Waals surface area contributed by atoms with Gasteiger partial charge in [0.15, 0.2) is 0 Å². The van der Waals surface area contributed by atoms with E-state index in [-0.39, 0.29) is 5.91 Å². The smallest absolute Gasteiger partial charge is 0.246 e. The fourth-order valence-corrected chi connectivity index (χ4v) is 3.23. The standard InChI is InChI=1S/C13H16BrNOS/c1-10-6-8-15(9-7-10)13(16)5-3-11-2-4-12(14)17-11/h2-5,10H,6-9H2,1H3. The quantitative estimate of drug-likeness (QED) is 0.761. The van der Waals surface area contributed by atoms with Gasteiger partial charge in [0.1, 0.15) is 0 Å². The molecule has 92 valence electrons. The second kappa shape index (κ2) is 5.83. The molecule has 1 aliphatic rings. The Balaban J connectivity index is 1.90. The highest BCUT2D eigenvalue weighted by atomic mass is 79.9. The van der Waals surface area contributed by atoms with Crippen LogP contribution in [0.2, 0.25) is 0 Å². The van der Waals surface area contributed by atoms with Gasteiger partial charge in [0.05, 0.1) is 3.79 Å². The molecule has 0 aromatic carbocycles. The third-order valence-electron chi connectivity index (χ3n) is 3.08. The Hall–Kier alpha value is -0.610. The van der Waals surface area contributed by atoms with Crippen molar-refractivity contribution in [3.05, 3.63) is 26.9 Å². The van der Waals surface area contributed by atoms with Crippen LogP contribution >= 0.6 is 27.3 Å². The van der Waals surface area contributed by atoms with Crippen molar-refractivity contribution in [1.82, 2.24) is 4.90 Å². The first-order chi connectivity index (χ1) is 8.15. The molecule has 2 heterocycles. The highest BCUT2D eigenvalue weighted by Gasteiger charge is 2.18. The molecule has 1 aliphatic heterocycles. The summed E-state index contributed by atoms with van der Waals surface area (Å²) in [6.45, 7) is 4.05. The second-order valence-corrected chi connectivity index (χ2v) is 6.98. The van der Waals surface area contributed by atoms with Gasteiger partial charge in [0, 0.05) is 24.0 Å². The molecule has 1 saturated heterocycles. The van der Waals surface area contributed by atoms with E-state index < -0.39 is 0 Å². The van der Waals surface area contributed by atoms with Crippen molar-refractivity contribution >= 4 is 39.2 Å². The lowest BCUT2D eigenvalue weighted by Gasteiger charge is -2.29. The highest BCUT2D eigenvalue weighted by Crippen LogP contribution is 2.23. The fourth-order valence-electron chi connectivity index (χ4n) is 1.91. The summed E-state index contributed by atoms with van der Waals surface area (Å²) in [6, 6.07) is 4.01. The SMILES string of the molecule is CC1CCN(C(=O)C=Cc2ccc(Br)s2)CC1. The molecule has 1 amide bonds. The number of nitrogens with zero attached hydrogens (tertiary/aromatic N) is 1. The molecular formula is C13H16BrNOS. The zero-order chi connectivity index (χ0) is 12.3. The molecule has 0 spiro atoms. The predicted octanol–water partition coefficient (Wildman–Crippen LogP) is 3.78. The summed E-state index contributed by atoms with van der Waals surface area (Å²) >= 11 is 5.05. The van der Waals surface area contributed by atoms with Crippen LogP contribution in [0.3, 0.4) is 0 Å². The van der Waals surface area contributed by atoms with Crippen LogP contribution < -0.4 is 0 Å². The number of piperidine rings is 1. The average molecular weight is 314 g/mol. The lowest BCUT2D eigenvalue weighted by atomic mass is 9.99. The van der Waals surface area contributed by atoms with E-state index in [4.69, 9.17) is 0 Å². The molecule has 0 N–H and O–H groups in total. The lowest BCUT2D eigenvalue weighted by Crippen LogP contribution is -2.36. The van der Waals surface area contributed by atoms with Gasteiger partial charge in [-0.3, -0.25) is 4.79 Å². The number of likely N-dealkylation sites (tertiary alicyclic amines) is 1. The molecular weight excluding hydrogens is 298 g/mol. The molecule has 0 unspecified atom stereocenters. The molecule has 4 heteroatoms. The van der Waals surface area contributed by atoms with Gasteiger partial charge in [-0.25, -0.2) is 0 Å². The van der Waals surface area contributed by atoms with Crippen LogP contribution in [0.5, 0.6) is 0 Å². The van der Waals surface area contributed by atoms with Gasteiger partial charge in [-0.1, -0.05) is 6.92 Å². The van der Waals surface area contributed by atoms with Gasteiger partial charge in [-0.15, -0.1) is 11.3 Å². The molecule has 1 aromatic rings. The Kier molecular flexibility index (Phi) is 4.40. The predicted molar refractivity (Wildman–Crippen MR) is 76.0 cm³/mol. The Morgan fingerprint density at radius 1 is 1.47 bits per heavy atom. The maximum Gasteiger partial charge on any atom is 0.246 e. The zero-order valence-electron chi connectivity index (χ0n) is 9.86. The van der Waals surface area contributed by atoms with Crippen molar-refractivity contribution in [3.63, 3.8) is 0 Å². The minimum Gasteiger partial charge on any atom is -0.339 e. The lowest BCUT2D eigenvalue weighted by molar-refractivity contribution is -0.127. The third kappa shape index (κ3) is 3.68. The number of carbonyl (C=O) groups is 1. The van der Waals surface area contributed by atoms with Crippen molar-refractivity contribution in [2.24, 2.45) is 5.92 Å². The zero-order valence-corrected chi connectivity index (χ0v) is 12.3. The fraction of sp³-hybridized carbons (Fsp3) is 0.462. The minimum atomic E-state index is 0.140. The Morgan fingerprint density at radius 3 is 2.76 bits per heavy atom. The van der Waals surface area contributed by atoms with E-state index >= 15 is 0 Å². The van der Waals surface area contributed by atoms with Crippen LogP contribution in [0, 0.1) is 5.92 Å². The van der Waals surface area contributed by atoms with Crippen molar-refractivity contribution < 1.29 is 4.79 Å². The van der Waals surface area contributed by atoms with Gasteiger partial charge in [0.25, 0.3) is 0 Å². The first kappa shape index (κ1) is 12.8. The monoisotopic (exact) mass is 313 g/mol. The number of amides is 1. The Labute approximate surface area is 114 Å². The number of halogens is 1. The van der Waals surface area contributed by atoms with E-state index in [1.54, 1.807) is 17.4 Å². The van der Waals surface area contributed by atoms with E-state index in [1.807, 2.05) is 23.1 Å². The molecule has 17 heavy (non-hydrogen) atoms. The third-order valence-corrected chi connectivity index (χ3v) is 4.67. The van der Waals surface area contributed by atoms with Crippen LogP contribution in [-0.4, -0.2) is 23.9 Å². The van der Waals surface area contributed by atoms with Gasteiger partial charge >= 0.3 is 0 Å². The van der Waals surface area contributed by atoms with E-state index in [1.165, 1.54) is 0 Å². The van der Waals surface area contributed by atoms with E-state index in [2.05, 4.69) is 22.9 Å². The van der Waals surface area contributed by atoms with Crippen LogP contribution in [0.25, 0.3) is 6.08 Å². The van der Waals surface area contributed by atoms with Crippen molar-refractivity contribution in [2.45, 2.75) is 19.8 Å². The second-order valence-electron chi connectivity index (χ2n) is 4.48. The summed E-state index contributed by atoms with van der Waals surface area (Å²) in [7, 11) is 0. The topological polar surface area (TPSA) is 20.3 Å². The van der Waals surface area contributed by atoms with Crippen molar-refractivity contribution in [3.8, 4) is 0 Å². The van der Waals surface area contributed by atoms with Crippen LogP contribution in [0.4, 0.5) is 0 Å². The number of thiophene rings is 1. The van der Waals surface area contributed by atoms with Crippen LogP contribution in [0.1, 0.15) is 24.6 Å². The summed E-state index contributed by atoms with van der Waals surface area (Å²) in [5.74, 6) is 0.901. The normalized spacial score (nSPS) is 17.9. The van der Waals surface area contributed by atoms with Gasteiger partial charge in [-0.05, 0) is 52.9 Å². The van der Waals surface area contributed by atoms with Crippen LogP contribution in [0.15, 0.2) is 22.0 Å². The Morgan fingerprint density at radius 2 is 2.18 bits per heavy atom. The summed E-state index contributed by atoms with van der Waals surface area (Å²) < 4.78 is 1.09. The molecule has 0 aliphatic carbocycles. The largest absolute Gasteiger partial charge is 0.339 e. The number of hydrogen-bond donors (Lipinski definition) is 0. The van der Waals surface area contributed by atoms with E-state index in [9.17, 15) is 4.79 Å². The van der Waals surface area contributed by atoms with E-state index in [0.29, 0.717) is 0 Å². The molecule has 0 bridgehead atoms. The molecule has 2 rings (SSSR count). The summed E-state index contributed by atoms with van der Waals surface area (Å²) in [6.07, 6.45) is 5.85. The molecule has 2 nitrogen and oxygen atoms in total. The molecule has 0 atom stereocenters. The highest BCUT2D eigenvalue weighted by molar-refractivity contribution is 9.11. The molecule has 1 fully saturated rings. The first-order valence-electron chi connectivity index (χ1n) is 5.87. The Bertz CT molecular complexity index is 419. The summed E-state index contributed by atoms with van der Waals surface area (Å²) in [4.78, 5) is 15.0. The maximum absolute atomic E-state index is 11.9. The van der Waals surface area contributed by atoms with Gasteiger partial charge < -0.3 is 4.90 Å². The van der Waals surface area contributed by atoms with Crippen molar-refractivity contribution in [2.75, 3.05) is 13.1 Å². The molecule has 0 radical (unpaired) electrons.